The number of aromatic nitrogens is 1. The number of ether oxygens (including phenoxy) is 1. The third kappa shape index (κ3) is 4.16. The Hall–Kier alpha value is -1.13. The lowest BCUT2D eigenvalue weighted by Gasteiger charge is -2.06. The van der Waals surface area contributed by atoms with Gasteiger partial charge in [0.1, 0.15) is 0 Å². The molecule has 0 radical (unpaired) electrons. The van der Waals surface area contributed by atoms with Crippen LogP contribution in [0.15, 0.2) is 18.5 Å². The van der Waals surface area contributed by atoms with Crippen LogP contribution in [0.4, 0.5) is 0 Å². The Labute approximate surface area is 100.0 Å². The maximum Gasteiger partial charge on any atom is 0.254 e. The van der Waals surface area contributed by atoms with Crippen molar-refractivity contribution in [2.45, 2.75) is 13.3 Å². The standard InChI is InChI=1S/C11H15ClN2O2/c1-2-16-7-3-5-14-11(15)9-8-13-6-4-10(9)12/h4,6,8H,2-3,5,7H2,1H3,(H,14,15). The van der Waals surface area contributed by atoms with Crippen molar-refractivity contribution < 1.29 is 9.53 Å². The quantitative estimate of drug-likeness (QED) is 0.775. The topological polar surface area (TPSA) is 51.2 Å². The molecule has 1 aromatic heterocycles. The smallest absolute Gasteiger partial charge is 0.254 e. The van der Waals surface area contributed by atoms with Crippen molar-refractivity contribution in [3.05, 3.63) is 29.0 Å². The number of hydrogen-bond donors (Lipinski definition) is 1. The van der Waals surface area contributed by atoms with Crippen LogP contribution in [0.5, 0.6) is 0 Å². The molecule has 0 atom stereocenters. The van der Waals surface area contributed by atoms with E-state index in [2.05, 4.69) is 10.3 Å². The average Bonchev–Trinajstić information content (AvgIpc) is 2.29. The van der Waals surface area contributed by atoms with E-state index in [1.54, 1.807) is 12.3 Å². The van der Waals surface area contributed by atoms with Crippen LogP contribution < -0.4 is 5.32 Å². The molecule has 0 fully saturated rings. The molecule has 0 aliphatic carbocycles. The van der Waals surface area contributed by atoms with Gasteiger partial charge in [-0.05, 0) is 19.4 Å². The molecule has 5 heteroatoms. The molecule has 0 bridgehead atoms. The zero-order chi connectivity index (χ0) is 11.8. The molecule has 0 spiro atoms. The summed E-state index contributed by atoms with van der Waals surface area (Å²) in [5.41, 5.74) is 0.403. The summed E-state index contributed by atoms with van der Waals surface area (Å²) in [4.78, 5) is 15.5. The summed E-state index contributed by atoms with van der Waals surface area (Å²) >= 11 is 5.86. The Morgan fingerprint density at radius 1 is 1.62 bits per heavy atom. The summed E-state index contributed by atoms with van der Waals surface area (Å²) in [6.07, 6.45) is 3.80. The molecule has 0 saturated carbocycles. The highest BCUT2D eigenvalue weighted by atomic mass is 35.5. The molecule has 1 N–H and O–H groups in total. The van der Waals surface area contributed by atoms with Crippen molar-refractivity contribution in [1.29, 1.82) is 0 Å². The normalized spacial score (nSPS) is 10.1. The van der Waals surface area contributed by atoms with Crippen LogP contribution in [-0.4, -0.2) is 30.6 Å². The van der Waals surface area contributed by atoms with Crippen molar-refractivity contribution in [2.24, 2.45) is 0 Å². The molecule has 0 aromatic carbocycles. The fourth-order valence-electron chi connectivity index (χ4n) is 1.16. The van der Waals surface area contributed by atoms with Gasteiger partial charge in [-0.2, -0.15) is 0 Å². The second-order valence-corrected chi connectivity index (χ2v) is 3.57. The number of halogens is 1. The molecule has 88 valence electrons. The summed E-state index contributed by atoms with van der Waals surface area (Å²) in [6.45, 7) is 3.86. The van der Waals surface area contributed by atoms with Crippen LogP contribution in [0.2, 0.25) is 5.02 Å². The zero-order valence-corrected chi connectivity index (χ0v) is 9.96. The van der Waals surface area contributed by atoms with Gasteiger partial charge in [-0.15, -0.1) is 0 Å². The number of hydrogen-bond acceptors (Lipinski definition) is 3. The molecule has 0 aliphatic rings. The first-order valence-corrected chi connectivity index (χ1v) is 5.59. The summed E-state index contributed by atoms with van der Waals surface area (Å²) in [5, 5.41) is 3.17. The van der Waals surface area contributed by atoms with Gasteiger partial charge < -0.3 is 10.1 Å². The van der Waals surface area contributed by atoms with Gasteiger partial charge in [-0.25, -0.2) is 0 Å². The van der Waals surface area contributed by atoms with E-state index in [-0.39, 0.29) is 5.91 Å². The van der Waals surface area contributed by atoms with E-state index in [0.29, 0.717) is 30.3 Å². The van der Waals surface area contributed by atoms with Crippen molar-refractivity contribution in [3.63, 3.8) is 0 Å². The van der Waals surface area contributed by atoms with E-state index in [1.165, 1.54) is 6.20 Å². The van der Waals surface area contributed by atoms with E-state index < -0.39 is 0 Å². The second kappa shape index (κ2) is 7.19. The monoisotopic (exact) mass is 242 g/mol. The number of amides is 1. The largest absolute Gasteiger partial charge is 0.382 e. The van der Waals surface area contributed by atoms with E-state index in [1.807, 2.05) is 6.92 Å². The number of carbonyl (C=O) groups is 1. The van der Waals surface area contributed by atoms with Gasteiger partial charge in [-0.3, -0.25) is 9.78 Å². The number of nitrogens with zero attached hydrogens (tertiary/aromatic N) is 1. The molecule has 0 aliphatic heterocycles. The Balaban J connectivity index is 2.33. The molecular formula is C11H15ClN2O2. The third-order valence-electron chi connectivity index (χ3n) is 1.97. The van der Waals surface area contributed by atoms with Crippen molar-refractivity contribution in [3.8, 4) is 0 Å². The lowest BCUT2D eigenvalue weighted by atomic mass is 10.2. The molecule has 4 nitrogen and oxygen atoms in total. The van der Waals surface area contributed by atoms with E-state index in [0.717, 1.165) is 6.42 Å². The predicted octanol–water partition coefficient (Wildman–Crippen LogP) is 1.89. The fraction of sp³-hybridized carbons (Fsp3) is 0.455. The lowest BCUT2D eigenvalue weighted by Crippen LogP contribution is -2.25. The highest BCUT2D eigenvalue weighted by molar-refractivity contribution is 6.33. The summed E-state index contributed by atoms with van der Waals surface area (Å²) < 4.78 is 5.16. The minimum absolute atomic E-state index is 0.199. The molecular weight excluding hydrogens is 228 g/mol. The molecule has 1 rings (SSSR count). The Bertz CT molecular complexity index is 345. The molecule has 0 unspecified atom stereocenters. The Morgan fingerprint density at radius 3 is 3.12 bits per heavy atom. The number of rotatable bonds is 6. The van der Waals surface area contributed by atoms with Gasteiger partial charge in [-0.1, -0.05) is 11.6 Å². The molecule has 1 heterocycles. The molecule has 1 aromatic rings. The first-order chi connectivity index (χ1) is 7.75. The van der Waals surface area contributed by atoms with Crippen LogP contribution in [0.1, 0.15) is 23.7 Å². The zero-order valence-electron chi connectivity index (χ0n) is 9.20. The van der Waals surface area contributed by atoms with Crippen LogP contribution in [0.25, 0.3) is 0 Å². The maximum absolute atomic E-state index is 11.6. The highest BCUT2D eigenvalue weighted by Gasteiger charge is 2.08. The average molecular weight is 243 g/mol. The van der Waals surface area contributed by atoms with E-state index in [4.69, 9.17) is 16.3 Å². The molecule has 1 amide bonds. The maximum atomic E-state index is 11.6. The number of nitrogens with one attached hydrogen (secondary N) is 1. The van der Waals surface area contributed by atoms with Gasteiger partial charge in [0.15, 0.2) is 0 Å². The van der Waals surface area contributed by atoms with Crippen LogP contribution in [0, 0.1) is 0 Å². The van der Waals surface area contributed by atoms with E-state index in [9.17, 15) is 4.79 Å². The lowest BCUT2D eigenvalue weighted by molar-refractivity contribution is 0.0944. The van der Waals surface area contributed by atoms with Crippen molar-refractivity contribution in [1.82, 2.24) is 10.3 Å². The second-order valence-electron chi connectivity index (χ2n) is 3.16. The van der Waals surface area contributed by atoms with Crippen LogP contribution >= 0.6 is 11.6 Å². The van der Waals surface area contributed by atoms with Crippen LogP contribution in [-0.2, 0) is 4.74 Å². The number of carbonyl (C=O) groups excluding carboxylic acids is 1. The first kappa shape index (κ1) is 12.9. The molecule has 0 saturated heterocycles. The van der Waals surface area contributed by atoms with Gasteiger partial charge in [0, 0.05) is 32.2 Å². The van der Waals surface area contributed by atoms with Crippen molar-refractivity contribution >= 4 is 17.5 Å². The Kier molecular flexibility index (Phi) is 5.82. The van der Waals surface area contributed by atoms with Gasteiger partial charge >= 0.3 is 0 Å². The van der Waals surface area contributed by atoms with Gasteiger partial charge in [0.2, 0.25) is 0 Å². The fourth-order valence-corrected chi connectivity index (χ4v) is 1.35. The third-order valence-corrected chi connectivity index (χ3v) is 2.30. The summed E-state index contributed by atoms with van der Waals surface area (Å²) in [7, 11) is 0. The minimum Gasteiger partial charge on any atom is -0.382 e. The summed E-state index contributed by atoms with van der Waals surface area (Å²) in [5.74, 6) is -0.199. The number of pyridine rings is 1. The van der Waals surface area contributed by atoms with Gasteiger partial charge in [0.05, 0.1) is 10.6 Å². The molecule has 16 heavy (non-hydrogen) atoms. The first-order valence-electron chi connectivity index (χ1n) is 5.21. The predicted molar refractivity (Wildman–Crippen MR) is 62.7 cm³/mol. The van der Waals surface area contributed by atoms with Gasteiger partial charge in [0.25, 0.3) is 5.91 Å². The van der Waals surface area contributed by atoms with E-state index >= 15 is 0 Å². The minimum atomic E-state index is -0.199. The van der Waals surface area contributed by atoms with Crippen LogP contribution in [0.3, 0.4) is 0 Å². The summed E-state index contributed by atoms with van der Waals surface area (Å²) in [6, 6.07) is 1.59. The SMILES string of the molecule is CCOCCCNC(=O)c1cnccc1Cl. The Morgan fingerprint density at radius 2 is 2.44 bits per heavy atom. The van der Waals surface area contributed by atoms with Crippen molar-refractivity contribution in [2.75, 3.05) is 19.8 Å². The highest BCUT2D eigenvalue weighted by Crippen LogP contribution is 2.12.